The smallest absolute Gasteiger partial charge is 0.0921 e. The van der Waals surface area contributed by atoms with Crippen LogP contribution in [0.2, 0.25) is 0 Å². The highest BCUT2D eigenvalue weighted by Gasteiger charge is 2.09. The maximum atomic E-state index is 4.13. The number of aromatic nitrogens is 3. The lowest BCUT2D eigenvalue weighted by Crippen LogP contribution is -1.96. The van der Waals surface area contributed by atoms with E-state index >= 15 is 0 Å². The maximum absolute atomic E-state index is 4.13. The van der Waals surface area contributed by atoms with Crippen molar-refractivity contribution in [2.75, 3.05) is 0 Å². The van der Waals surface area contributed by atoms with Crippen molar-refractivity contribution < 1.29 is 0 Å². The summed E-state index contributed by atoms with van der Waals surface area (Å²) in [6, 6.07) is 2.07. The van der Waals surface area contributed by atoms with Crippen molar-refractivity contribution in [2.45, 2.75) is 12.8 Å². The molecule has 0 fully saturated rings. The lowest BCUT2D eigenvalue weighted by Gasteiger charge is -2.08. The first-order chi connectivity index (χ1) is 6.77. The Labute approximate surface area is 90.7 Å². The number of nitrogens with one attached hydrogen (secondary N) is 1. The van der Waals surface area contributed by atoms with E-state index in [-0.39, 0.29) is 0 Å². The first kappa shape index (κ1) is 9.40. The van der Waals surface area contributed by atoms with Crippen LogP contribution in [0.1, 0.15) is 24.1 Å². The van der Waals surface area contributed by atoms with Crippen LogP contribution in [0.15, 0.2) is 35.5 Å². The van der Waals surface area contributed by atoms with Crippen LogP contribution >= 0.6 is 15.9 Å². The number of H-pyrrole nitrogens is 1. The van der Waals surface area contributed by atoms with Gasteiger partial charge >= 0.3 is 0 Å². The summed E-state index contributed by atoms with van der Waals surface area (Å²) in [5, 5.41) is 0. The van der Waals surface area contributed by atoms with E-state index in [1.165, 1.54) is 5.56 Å². The zero-order valence-corrected chi connectivity index (χ0v) is 9.32. The fourth-order valence-corrected chi connectivity index (χ4v) is 1.73. The van der Waals surface area contributed by atoms with Crippen LogP contribution in [0.5, 0.6) is 0 Å². The zero-order valence-electron chi connectivity index (χ0n) is 7.74. The van der Waals surface area contributed by atoms with E-state index in [0.717, 1.165) is 10.2 Å². The summed E-state index contributed by atoms with van der Waals surface area (Å²) < 4.78 is 1.00. The minimum atomic E-state index is 0.294. The van der Waals surface area contributed by atoms with Crippen LogP contribution in [0.4, 0.5) is 0 Å². The quantitative estimate of drug-likeness (QED) is 0.892. The van der Waals surface area contributed by atoms with Crippen LogP contribution in [0.3, 0.4) is 0 Å². The molecule has 1 atom stereocenters. The van der Waals surface area contributed by atoms with Crippen molar-refractivity contribution in [1.29, 1.82) is 0 Å². The average Bonchev–Trinajstić information content (AvgIpc) is 2.69. The number of imidazole rings is 1. The number of halogens is 1. The molecule has 0 saturated carbocycles. The van der Waals surface area contributed by atoms with Gasteiger partial charge in [0.05, 0.1) is 6.33 Å². The van der Waals surface area contributed by atoms with Crippen LogP contribution in [0, 0.1) is 0 Å². The lowest BCUT2D eigenvalue weighted by atomic mass is 10.0. The van der Waals surface area contributed by atoms with E-state index in [1.54, 1.807) is 12.5 Å². The van der Waals surface area contributed by atoms with Crippen LogP contribution < -0.4 is 0 Å². The van der Waals surface area contributed by atoms with Gasteiger partial charge in [-0.15, -0.1) is 0 Å². The molecule has 4 heteroatoms. The summed E-state index contributed by atoms with van der Waals surface area (Å²) in [5.74, 6) is 0.294. The fourth-order valence-electron chi connectivity index (χ4n) is 1.35. The molecular formula is C10H10BrN3. The van der Waals surface area contributed by atoms with Crippen molar-refractivity contribution in [3.63, 3.8) is 0 Å². The molecule has 0 bridgehead atoms. The molecule has 0 aliphatic heterocycles. The maximum Gasteiger partial charge on any atom is 0.0921 e. The van der Waals surface area contributed by atoms with E-state index in [4.69, 9.17) is 0 Å². The van der Waals surface area contributed by atoms with Gasteiger partial charge in [0.25, 0.3) is 0 Å². The molecule has 0 spiro atoms. The summed E-state index contributed by atoms with van der Waals surface area (Å²) in [7, 11) is 0. The monoisotopic (exact) mass is 251 g/mol. The second-order valence-electron chi connectivity index (χ2n) is 3.17. The van der Waals surface area contributed by atoms with Gasteiger partial charge in [0.1, 0.15) is 0 Å². The Morgan fingerprint density at radius 3 is 2.79 bits per heavy atom. The standard InChI is InChI=1S/C10H10BrN3/c1-7(10-5-13-6-14-10)8-2-9(11)4-12-3-8/h2-7H,1H3,(H,13,14). The average molecular weight is 252 g/mol. The van der Waals surface area contributed by atoms with Crippen molar-refractivity contribution in [1.82, 2.24) is 15.0 Å². The van der Waals surface area contributed by atoms with E-state index < -0.39 is 0 Å². The molecule has 1 unspecified atom stereocenters. The predicted molar refractivity (Wildman–Crippen MR) is 58.0 cm³/mol. The highest BCUT2D eigenvalue weighted by atomic mass is 79.9. The predicted octanol–water partition coefficient (Wildman–Crippen LogP) is 2.72. The first-order valence-electron chi connectivity index (χ1n) is 4.36. The summed E-state index contributed by atoms with van der Waals surface area (Å²) >= 11 is 3.41. The van der Waals surface area contributed by atoms with E-state index in [0.29, 0.717) is 5.92 Å². The van der Waals surface area contributed by atoms with Gasteiger partial charge in [0.15, 0.2) is 0 Å². The molecule has 72 valence electrons. The Kier molecular flexibility index (Phi) is 2.63. The molecular weight excluding hydrogens is 242 g/mol. The van der Waals surface area contributed by atoms with Gasteiger partial charge in [0.2, 0.25) is 0 Å². The van der Waals surface area contributed by atoms with Crippen molar-refractivity contribution in [3.8, 4) is 0 Å². The number of aromatic amines is 1. The molecule has 0 radical (unpaired) electrons. The molecule has 2 aromatic heterocycles. The second-order valence-corrected chi connectivity index (χ2v) is 4.08. The molecule has 0 aliphatic carbocycles. The molecule has 0 amide bonds. The SMILES string of the molecule is CC(c1cncc(Br)c1)c1cnc[nH]1. The van der Waals surface area contributed by atoms with Gasteiger partial charge in [-0.3, -0.25) is 4.98 Å². The summed E-state index contributed by atoms with van der Waals surface area (Å²) in [4.78, 5) is 11.2. The number of pyridine rings is 1. The minimum Gasteiger partial charge on any atom is -0.348 e. The Morgan fingerprint density at radius 2 is 2.14 bits per heavy atom. The van der Waals surface area contributed by atoms with Crippen molar-refractivity contribution in [3.05, 3.63) is 46.7 Å². The van der Waals surface area contributed by atoms with E-state index in [9.17, 15) is 0 Å². The Balaban J connectivity index is 2.32. The van der Waals surface area contributed by atoms with Gasteiger partial charge in [-0.25, -0.2) is 4.98 Å². The van der Waals surface area contributed by atoms with Crippen LogP contribution in [-0.4, -0.2) is 15.0 Å². The third kappa shape index (κ3) is 1.85. The van der Waals surface area contributed by atoms with Crippen LogP contribution in [0.25, 0.3) is 0 Å². The lowest BCUT2D eigenvalue weighted by molar-refractivity contribution is 0.873. The Bertz CT molecular complexity index is 411. The van der Waals surface area contributed by atoms with E-state index in [2.05, 4.69) is 43.9 Å². The van der Waals surface area contributed by atoms with Crippen LogP contribution in [-0.2, 0) is 0 Å². The van der Waals surface area contributed by atoms with Gasteiger partial charge in [0, 0.05) is 34.7 Å². The van der Waals surface area contributed by atoms with Gasteiger partial charge < -0.3 is 4.98 Å². The molecule has 14 heavy (non-hydrogen) atoms. The largest absolute Gasteiger partial charge is 0.348 e. The number of hydrogen-bond donors (Lipinski definition) is 1. The molecule has 0 aromatic carbocycles. The van der Waals surface area contributed by atoms with Crippen molar-refractivity contribution >= 4 is 15.9 Å². The molecule has 1 N–H and O–H groups in total. The molecule has 0 saturated heterocycles. The van der Waals surface area contributed by atoms with Gasteiger partial charge in [-0.1, -0.05) is 6.92 Å². The first-order valence-corrected chi connectivity index (χ1v) is 5.15. The summed E-state index contributed by atoms with van der Waals surface area (Å²) in [5.41, 5.74) is 2.27. The Morgan fingerprint density at radius 1 is 1.29 bits per heavy atom. The van der Waals surface area contributed by atoms with Crippen molar-refractivity contribution in [2.24, 2.45) is 0 Å². The second kappa shape index (κ2) is 3.92. The third-order valence-electron chi connectivity index (χ3n) is 2.21. The molecule has 0 aliphatic rings. The number of rotatable bonds is 2. The number of nitrogens with zero attached hydrogens (tertiary/aromatic N) is 2. The normalized spacial score (nSPS) is 12.7. The minimum absolute atomic E-state index is 0.294. The van der Waals surface area contributed by atoms with E-state index in [1.807, 2.05) is 12.4 Å². The molecule has 2 aromatic rings. The zero-order chi connectivity index (χ0) is 9.97. The topological polar surface area (TPSA) is 41.6 Å². The molecule has 2 rings (SSSR count). The van der Waals surface area contributed by atoms with Gasteiger partial charge in [-0.2, -0.15) is 0 Å². The Hall–Kier alpha value is -1.16. The van der Waals surface area contributed by atoms with Gasteiger partial charge in [-0.05, 0) is 27.6 Å². The summed E-state index contributed by atoms with van der Waals surface area (Å²) in [6.07, 6.45) is 7.18. The molecule has 3 nitrogen and oxygen atoms in total. The fraction of sp³-hybridized carbons (Fsp3) is 0.200. The number of hydrogen-bond acceptors (Lipinski definition) is 2. The highest BCUT2D eigenvalue weighted by molar-refractivity contribution is 9.10. The summed E-state index contributed by atoms with van der Waals surface area (Å²) in [6.45, 7) is 2.12. The molecule has 2 heterocycles. The third-order valence-corrected chi connectivity index (χ3v) is 2.65. The highest BCUT2D eigenvalue weighted by Crippen LogP contribution is 2.23.